The van der Waals surface area contributed by atoms with Crippen molar-refractivity contribution in [1.29, 1.82) is 0 Å². The third kappa shape index (κ3) is 3.27. The zero-order chi connectivity index (χ0) is 14.0. The molecule has 19 heavy (non-hydrogen) atoms. The first-order chi connectivity index (χ1) is 9.02. The van der Waals surface area contributed by atoms with Gasteiger partial charge in [0.2, 0.25) is 0 Å². The lowest BCUT2D eigenvalue weighted by Crippen LogP contribution is -2.48. The van der Waals surface area contributed by atoms with Crippen LogP contribution < -0.4 is 0 Å². The molecule has 104 valence electrons. The molecule has 0 saturated carbocycles. The third-order valence-electron chi connectivity index (χ3n) is 3.35. The maximum Gasteiger partial charge on any atom is 0.255 e. The maximum atomic E-state index is 13.5. The summed E-state index contributed by atoms with van der Waals surface area (Å²) in [5.74, 6) is -0.674. The third-order valence-corrected chi connectivity index (χ3v) is 4.27. The summed E-state index contributed by atoms with van der Waals surface area (Å²) in [6.07, 6.45) is 0. The quantitative estimate of drug-likeness (QED) is 0.766. The summed E-state index contributed by atoms with van der Waals surface area (Å²) in [6.45, 7) is 6.08. The molecule has 0 atom stereocenters. The summed E-state index contributed by atoms with van der Waals surface area (Å²) in [5, 5.41) is 0.274. The monoisotopic (exact) mass is 348 g/mol. The molecule has 0 aliphatic carbocycles. The molecule has 0 bridgehead atoms. The smallest absolute Gasteiger partial charge is 0.255 e. The minimum Gasteiger partial charge on any atom is -0.336 e. The van der Waals surface area contributed by atoms with Crippen molar-refractivity contribution < 1.29 is 9.18 Å². The Morgan fingerprint density at radius 1 is 1.37 bits per heavy atom. The van der Waals surface area contributed by atoms with Crippen LogP contribution in [0.2, 0.25) is 5.02 Å². The van der Waals surface area contributed by atoms with E-state index in [2.05, 4.69) is 27.8 Å². The standard InChI is InChI=1S/C13H15BrClFN2O/c1-2-17-3-5-18(6-4-17)13(19)9-7-12(16)10(14)8-11(9)15/h7-8H,2-6H2,1H3. The molecule has 1 heterocycles. The second-order valence-corrected chi connectivity index (χ2v) is 5.73. The van der Waals surface area contributed by atoms with E-state index in [1.807, 2.05) is 0 Å². The zero-order valence-corrected chi connectivity index (χ0v) is 13.0. The van der Waals surface area contributed by atoms with E-state index in [1.54, 1.807) is 4.90 Å². The Morgan fingerprint density at radius 2 is 2.00 bits per heavy atom. The number of piperazine rings is 1. The minimum atomic E-state index is -0.472. The maximum absolute atomic E-state index is 13.5. The van der Waals surface area contributed by atoms with Gasteiger partial charge in [-0.25, -0.2) is 4.39 Å². The molecule has 0 radical (unpaired) electrons. The van der Waals surface area contributed by atoms with Crippen molar-refractivity contribution in [3.63, 3.8) is 0 Å². The summed E-state index contributed by atoms with van der Waals surface area (Å²) in [4.78, 5) is 16.3. The molecular formula is C13H15BrClFN2O. The fourth-order valence-corrected chi connectivity index (χ4v) is 2.84. The minimum absolute atomic E-state index is 0.202. The fourth-order valence-electron chi connectivity index (χ4n) is 2.12. The van der Waals surface area contributed by atoms with Gasteiger partial charge in [0.05, 0.1) is 15.1 Å². The molecular weight excluding hydrogens is 335 g/mol. The first-order valence-electron chi connectivity index (χ1n) is 6.19. The summed E-state index contributed by atoms with van der Waals surface area (Å²) < 4.78 is 13.8. The number of hydrogen-bond acceptors (Lipinski definition) is 2. The number of amides is 1. The first-order valence-corrected chi connectivity index (χ1v) is 7.36. The normalized spacial score (nSPS) is 16.7. The van der Waals surface area contributed by atoms with Crippen molar-refractivity contribution in [3.05, 3.63) is 33.0 Å². The van der Waals surface area contributed by atoms with Gasteiger partial charge < -0.3 is 9.80 Å². The second-order valence-electron chi connectivity index (χ2n) is 4.47. The molecule has 0 spiro atoms. The van der Waals surface area contributed by atoms with Crippen LogP contribution in [0.3, 0.4) is 0 Å². The van der Waals surface area contributed by atoms with Crippen molar-refractivity contribution in [2.24, 2.45) is 0 Å². The van der Waals surface area contributed by atoms with Crippen LogP contribution in [0.5, 0.6) is 0 Å². The highest BCUT2D eigenvalue weighted by atomic mass is 79.9. The number of rotatable bonds is 2. The van der Waals surface area contributed by atoms with E-state index in [4.69, 9.17) is 11.6 Å². The molecule has 1 aliphatic rings. The first kappa shape index (κ1) is 14.8. The van der Waals surface area contributed by atoms with E-state index in [1.165, 1.54) is 12.1 Å². The Hall–Kier alpha value is -0.650. The molecule has 1 aromatic rings. The van der Waals surface area contributed by atoms with Gasteiger partial charge in [-0.1, -0.05) is 18.5 Å². The van der Waals surface area contributed by atoms with Crippen molar-refractivity contribution >= 4 is 33.4 Å². The average molecular weight is 350 g/mol. The number of benzene rings is 1. The molecule has 0 unspecified atom stereocenters. The molecule has 1 saturated heterocycles. The van der Waals surface area contributed by atoms with Crippen LogP contribution in [-0.2, 0) is 0 Å². The molecule has 1 fully saturated rings. The van der Waals surface area contributed by atoms with Crippen LogP contribution in [0.1, 0.15) is 17.3 Å². The highest BCUT2D eigenvalue weighted by molar-refractivity contribution is 9.10. The number of carbonyl (C=O) groups excluding carboxylic acids is 1. The predicted molar refractivity (Wildman–Crippen MR) is 77.1 cm³/mol. The molecule has 0 aromatic heterocycles. The number of hydrogen-bond donors (Lipinski definition) is 0. The SMILES string of the molecule is CCN1CCN(C(=O)c2cc(F)c(Br)cc2Cl)CC1. The summed E-state index contributed by atoms with van der Waals surface area (Å²) in [6, 6.07) is 2.62. The van der Waals surface area contributed by atoms with Gasteiger partial charge in [-0.05, 0) is 34.6 Å². The van der Waals surface area contributed by atoms with Gasteiger partial charge in [0.15, 0.2) is 0 Å². The number of likely N-dealkylation sites (N-methyl/N-ethyl adjacent to an activating group) is 1. The van der Waals surface area contributed by atoms with Crippen molar-refractivity contribution in [2.75, 3.05) is 32.7 Å². The van der Waals surface area contributed by atoms with Crippen LogP contribution in [0.15, 0.2) is 16.6 Å². The Bertz CT molecular complexity index is 490. The number of halogens is 3. The lowest BCUT2D eigenvalue weighted by Gasteiger charge is -2.34. The Morgan fingerprint density at radius 3 is 2.58 bits per heavy atom. The zero-order valence-electron chi connectivity index (χ0n) is 10.6. The summed E-state index contributed by atoms with van der Waals surface area (Å²) in [5.41, 5.74) is 0.229. The topological polar surface area (TPSA) is 23.6 Å². The van der Waals surface area contributed by atoms with Crippen LogP contribution in [0.4, 0.5) is 4.39 Å². The number of carbonyl (C=O) groups is 1. The highest BCUT2D eigenvalue weighted by Crippen LogP contribution is 2.26. The van der Waals surface area contributed by atoms with Gasteiger partial charge in [0.25, 0.3) is 5.91 Å². The molecule has 3 nitrogen and oxygen atoms in total. The summed E-state index contributed by atoms with van der Waals surface area (Å²) >= 11 is 9.07. The second kappa shape index (κ2) is 6.20. The van der Waals surface area contributed by atoms with Crippen LogP contribution >= 0.6 is 27.5 Å². The fraction of sp³-hybridized carbons (Fsp3) is 0.462. The van der Waals surface area contributed by atoms with Gasteiger partial charge in [-0.3, -0.25) is 4.79 Å². The Labute approximate surface area is 125 Å². The van der Waals surface area contributed by atoms with E-state index >= 15 is 0 Å². The van der Waals surface area contributed by atoms with E-state index in [9.17, 15) is 9.18 Å². The van der Waals surface area contributed by atoms with Gasteiger partial charge in [0.1, 0.15) is 5.82 Å². The lowest BCUT2D eigenvalue weighted by molar-refractivity contribution is 0.0643. The molecule has 1 aliphatic heterocycles. The largest absolute Gasteiger partial charge is 0.336 e. The van der Waals surface area contributed by atoms with Crippen molar-refractivity contribution in [1.82, 2.24) is 9.80 Å². The Balaban J connectivity index is 2.14. The average Bonchev–Trinajstić information content (AvgIpc) is 2.42. The van der Waals surface area contributed by atoms with E-state index in [0.29, 0.717) is 13.1 Å². The molecule has 2 rings (SSSR count). The predicted octanol–water partition coefficient (Wildman–Crippen LogP) is 3.02. The van der Waals surface area contributed by atoms with Crippen LogP contribution in [0.25, 0.3) is 0 Å². The van der Waals surface area contributed by atoms with Crippen LogP contribution in [0, 0.1) is 5.82 Å². The van der Waals surface area contributed by atoms with Gasteiger partial charge in [0, 0.05) is 26.2 Å². The van der Waals surface area contributed by atoms with E-state index < -0.39 is 5.82 Å². The molecule has 0 N–H and O–H groups in total. The molecule has 1 amide bonds. The molecule has 1 aromatic carbocycles. The van der Waals surface area contributed by atoms with Crippen molar-refractivity contribution in [2.45, 2.75) is 6.92 Å². The Kier molecular flexibility index (Phi) is 4.81. The van der Waals surface area contributed by atoms with Gasteiger partial charge >= 0.3 is 0 Å². The van der Waals surface area contributed by atoms with E-state index in [-0.39, 0.29) is 21.0 Å². The van der Waals surface area contributed by atoms with Gasteiger partial charge in [-0.2, -0.15) is 0 Å². The highest BCUT2D eigenvalue weighted by Gasteiger charge is 2.23. The molecule has 6 heteroatoms. The van der Waals surface area contributed by atoms with Crippen LogP contribution in [-0.4, -0.2) is 48.4 Å². The number of nitrogens with zero attached hydrogens (tertiary/aromatic N) is 2. The van der Waals surface area contributed by atoms with Gasteiger partial charge in [-0.15, -0.1) is 0 Å². The van der Waals surface area contributed by atoms with E-state index in [0.717, 1.165) is 19.6 Å². The van der Waals surface area contributed by atoms with Crippen molar-refractivity contribution in [3.8, 4) is 0 Å². The summed E-state index contributed by atoms with van der Waals surface area (Å²) in [7, 11) is 0. The lowest BCUT2D eigenvalue weighted by atomic mass is 10.1.